The van der Waals surface area contributed by atoms with Crippen LogP contribution in [0.3, 0.4) is 0 Å². The summed E-state index contributed by atoms with van der Waals surface area (Å²) in [7, 11) is 1.56. The zero-order chi connectivity index (χ0) is 22.8. The molecule has 4 N–H and O–H groups in total. The van der Waals surface area contributed by atoms with E-state index in [0.29, 0.717) is 29.0 Å². The van der Waals surface area contributed by atoms with Gasteiger partial charge in [0.15, 0.2) is 0 Å². The van der Waals surface area contributed by atoms with E-state index in [2.05, 4.69) is 32.6 Å². The molecule has 0 saturated carbocycles. The average Bonchev–Trinajstić information content (AvgIpc) is 3.08. The highest BCUT2D eigenvalue weighted by Crippen LogP contribution is 2.24. The summed E-state index contributed by atoms with van der Waals surface area (Å²) in [5, 5.41) is 32.5. The van der Waals surface area contributed by atoms with Crippen LogP contribution in [0.15, 0.2) is 24.3 Å². The van der Waals surface area contributed by atoms with Crippen LogP contribution in [0.5, 0.6) is 5.75 Å². The van der Waals surface area contributed by atoms with E-state index in [1.165, 1.54) is 6.42 Å². The Kier molecular flexibility index (Phi) is 10.8. The fourth-order valence-corrected chi connectivity index (χ4v) is 3.25. The number of hydrogen-bond acceptors (Lipinski definition) is 9. The molecule has 1 fully saturated rings. The van der Waals surface area contributed by atoms with E-state index in [1.807, 2.05) is 0 Å². The molecule has 0 aliphatic carbocycles. The van der Waals surface area contributed by atoms with Crippen LogP contribution < -0.4 is 20.3 Å². The highest BCUT2D eigenvalue weighted by Gasteiger charge is 2.22. The lowest BCUT2D eigenvalue weighted by atomic mass is 10.1. The third-order valence-corrected chi connectivity index (χ3v) is 4.78. The molecule has 1 aromatic carbocycles. The molecule has 1 saturated heterocycles. The molecule has 1 aliphatic rings. The Hall–Kier alpha value is -3.51. The number of hydrogen-bond donors (Lipinski definition) is 2. The van der Waals surface area contributed by atoms with Gasteiger partial charge in [0.1, 0.15) is 11.3 Å². The summed E-state index contributed by atoms with van der Waals surface area (Å²) < 4.78 is 5.35. The number of rotatable bonds is 6. The topological polar surface area (TPSA) is 195 Å². The quantitative estimate of drug-likeness (QED) is 0.459. The van der Waals surface area contributed by atoms with Gasteiger partial charge in [0.2, 0.25) is 0 Å². The number of likely N-dealkylation sites (tertiary alicyclic amines) is 1. The zero-order valence-electron chi connectivity index (χ0n) is 17.9. The third kappa shape index (κ3) is 7.96. The molecule has 0 spiro atoms. The largest absolute Gasteiger partial charge is 0.545 e. The number of nitrogens with one attached hydrogen (secondary N) is 2. The van der Waals surface area contributed by atoms with Crippen molar-refractivity contribution in [1.29, 1.82) is 0 Å². The number of methoxy groups -OCH3 is 1. The molecule has 3 rings (SSSR count). The van der Waals surface area contributed by atoms with E-state index < -0.39 is 11.9 Å². The highest BCUT2D eigenvalue weighted by atomic mass is 16.5. The number of H-pyrrole nitrogens is 1. The molecule has 0 radical (unpaired) electrons. The summed E-state index contributed by atoms with van der Waals surface area (Å²) in [4.78, 5) is 33.9. The highest BCUT2D eigenvalue weighted by molar-refractivity contribution is 6.00. The van der Waals surface area contributed by atoms with Gasteiger partial charge in [-0.15, -0.1) is 5.10 Å². The number of carboxylic acids is 2. The van der Waals surface area contributed by atoms with Gasteiger partial charge < -0.3 is 40.2 Å². The van der Waals surface area contributed by atoms with Crippen LogP contribution >= 0.6 is 0 Å². The number of aromatic amines is 1. The molecule has 1 unspecified atom stereocenters. The lowest BCUT2D eigenvalue weighted by molar-refractivity contribution is -0.301. The summed E-state index contributed by atoms with van der Waals surface area (Å²) >= 11 is 0. The maximum atomic E-state index is 12.7. The normalized spacial score (nSPS) is 16.4. The van der Waals surface area contributed by atoms with Crippen LogP contribution in [0, 0.1) is 0 Å². The molecule has 2 aromatic rings. The predicted molar refractivity (Wildman–Crippen MR) is 110 cm³/mol. The molecule has 1 atom stereocenters. The van der Waals surface area contributed by atoms with Crippen LogP contribution in [-0.4, -0.2) is 76.4 Å². The van der Waals surface area contributed by atoms with Gasteiger partial charge in [-0.05, 0) is 44.1 Å². The Balaban J connectivity index is 0.000000491. The molecule has 1 aliphatic heterocycles. The maximum Gasteiger partial charge on any atom is 0.255 e. The van der Waals surface area contributed by atoms with Crippen LogP contribution in [0.4, 0.5) is 0 Å². The van der Waals surface area contributed by atoms with Crippen molar-refractivity contribution in [3.63, 3.8) is 0 Å². The van der Waals surface area contributed by atoms with Crippen molar-refractivity contribution in [3.8, 4) is 5.75 Å². The van der Waals surface area contributed by atoms with E-state index >= 15 is 0 Å². The third-order valence-electron chi connectivity index (χ3n) is 4.78. The smallest absolute Gasteiger partial charge is 0.255 e. The summed E-state index contributed by atoms with van der Waals surface area (Å²) in [6, 6.07) is 3.65. The Morgan fingerprint density at radius 1 is 1.25 bits per heavy atom. The second-order valence-electron chi connectivity index (χ2n) is 6.91. The first-order valence-electron chi connectivity index (χ1n) is 9.86. The van der Waals surface area contributed by atoms with Crippen molar-refractivity contribution < 1.29 is 34.8 Å². The van der Waals surface area contributed by atoms with Gasteiger partial charge in [0.05, 0.1) is 30.1 Å². The van der Waals surface area contributed by atoms with E-state index in [9.17, 15) is 24.6 Å². The minimum Gasteiger partial charge on any atom is -0.545 e. The van der Waals surface area contributed by atoms with Crippen LogP contribution in [0.25, 0.3) is 11.0 Å². The summed E-state index contributed by atoms with van der Waals surface area (Å²) in [6.45, 7) is 5.18. The SMILES string of the molecule is CCN1CCCCC(NC(=O)c2cc3[nH]nnc3cc2OC)C1.O.O=C([O-])/C=C/C(=O)[O-]. The van der Waals surface area contributed by atoms with Crippen molar-refractivity contribution in [3.05, 3.63) is 29.8 Å². The summed E-state index contributed by atoms with van der Waals surface area (Å²) in [5.74, 6) is -2.69. The number of carboxylic acid groups (broad SMARTS) is 2. The first-order chi connectivity index (χ1) is 14.8. The zero-order valence-corrected chi connectivity index (χ0v) is 17.9. The first kappa shape index (κ1) is 26.5. The van der Waals surface area contributed by atoms with Crippen molar-refractivity contribution in [2.75, 3.05) is 26.7 Å². The van der Waals surface area contributed by atoms with Gasteiger partial charge in [-0.3, -0.25) is 9.89 Å². The number of likely N-dealkylation sites (N-methyl/N-ethyl adjacent to an activating group) is 1. The van der Waals surface area contributed by atoms with Crippen molar-refractivity contribution in [2.24, 2.45) is 0 Å². The van der Waals surface area contributed by atoms with Crippen molar-refractivity contribution in [1.82, 2.24) is 25.6 Å². The number of benzene rings is 1. The Morgan fingerprint density at radius 2 is 1.94 bits per heavy atom. The van der Waals surface area contributed by atoms with E-state index in [1.54, 1.807) is 19.2 Å². The van der Waals surface area contributed by atoms with Gasteiger partial charge >= 0.3 is 0 Å². The fourth-order valence-electron chi connectivity index (χ4n) is 3.25. The molecular weight excluding hydrogens is 422 g/mol. The Labute approximate surface area is 184 Å². The van der Waals surface area contributed by atoms with Gasteiger partial charge in [0.25, 0.3) is 5.91 Å². The average molecular weight is 449 g/mol. The minimum atomic E-state index is -1.55. The monoisotopic (exact) mass is 449 g/mol. The van der Waals surface area contributed by atoms with Gasteiger partial charge in [0, 0.05) is 18.7 Å². The minimum absolute atomic E-state index is 0. The molecule has 2 heterocycles. The van der Waals surface area contributed by atoms with E-state index in [0.717, 1.165) is 38.0 Å². The number of aliphatic carboxylic acids is 2. The van der Waals surface area contributed by atoms with Crippen LogP contribution in [-0.2, 0) is 9.59 Å². The molecule has 0 bridgehead atoms. The number of amides is 1. The standard InChI is InChI=1S/C16H23N5O2.C4H4O4.H2O/c1-3-21-7-5-4-6-11(10-21)17-16(22)12-8-13-14(19-20-18-13)9-15(12)23-2;5-3(6)1-2-4(7)8;/h8-9,11H,3-7,10H2,1-2H3,(H,17,22)(H,18,19,20);1-2H,(H,5,6)(H,7,8);1H2/p-2/b;2-1+;. The molecule has 32 heavy (non-hydrogen) atoms. The summed E-state index contributed by atoms with van der Waals surface area (Å²) in [6.07, 6.45) is 4.11. The number of nitrogens with zero attached hydrogens (tertiary/aromatic N) is 3. The lowest BCUT2D eigenvalue weighted by Gasteiger charge is -2.23. The maximum absolute atomic E-state index is 12.7. The number of aromatic nitrogens is 3. The van der Waals surface area contributed by atoms with Crippen molar-refractivity contribution >= 4 is 28.9 Å². The van der Waals surface area contributed by atoms with Gasteiger partial charge in [-0.2, -0.15) is 0 Å². The molecule has 1 aromatic heterocycles. The number of carbonyl (C=O) groups is 3. The molecule has 12 nitrogen and oxygen atoms in total. The van der Waals surface area contributed by atoms with Crippen LogP contribution in [0.2, 0.25) is 0 Å². The Morgan fingerprint density at radius 3 is 2.53 bits per heavy atom. The molecular formula is C20H27N5O7-2. The number of ether oxygens (including phenoxy) is 1. The number of carbonyl (C=O) groups excluding carboxylic acids is 3. The van der Waals surface area contributed by atoms with Crippen LogP contribution in [0.1, 0.15) is 36.5 Å². The molecule has 12 heteroatoms. The number of fused-ring (bicyclic) bond motifs is 1. The first-order valence-corrected chi connectivity index (χ1v) is 9.86. The Bertz CT molecular complexity index is 928. The fraction of sp³-hybridized carbons (Fsp3) is 0.450. The molecule has 176 valence electrons. The second kappa shape index (κ2) is 13.0. The molecule has 1 amide bonds. The van der Waals surface area contributed by atoms with Crippen molar-refractivity contribution in [2.45, 2.75) is 32.2 Å². The predicted octanol–water partition coefficient (Wildman–Crippen LogP) is -2.21. The van der Waals surface area contributed by atoms with E-state index in [-0.39, 0.29) is 17.4 Å². The van der Waals surface area contributed by atoms with Gasteiger partial charge in [-0.25, -0.2) is 0 Å². The lowest BCUT2D eigenvalue weighted by Crippen LogP contribution is -2.42. The van der Waals surface area contributed by atoms with E-state index in [4.69, 9.17) is 4.74 Å². The summed E-state index contributed by atoms with van der Waals surface area (Å²) in [5.41, 5.74) is 1.93. The second-order valence-corrected chi connectivity index (χ2v) is 6.91. The van der Waals surface area contributed by atoms with Gasteiger partial charge in [-0.1, -0.05) is 18.6 Å².